The summed E-state index contributed by atoms with van der Waals surface area (Å²) >= 11 is 3.52. The van der Waals surface area contributed by atoms with Gasteiger partial charge in [0, 0.05) is 32.1 Å². The summed E-state index contributed by atoms with van der Waals surface area (Å²) in [4.78, 5) is 14.1. The number of amides is 1. The van der Waals surface area contributed by atoms with Crippen molar-refractivity contribution in [1.29, 1.82) is 0 Å². The molecule has 27 heavy (non-hydrogen) atoms. The van der Waals surface area contributed by atoms with E-state index in [0.29, 0.717) is 19.7 Å². The summed E-state index contributed by atoms with van der Waals surface area (Å²) < 4.78 is 14.4. The van der Waals surface area contributed by atoms with Gasteiger partial charge in [-0.3, -0.25) is 4.68 Å². The highest BCUT2D eigenvalue weighted by molar-refractivity contribution is 9.10. The molecule has 0 bridgehead atoms. The molecular weight excluding hydrogens is 410 g/mol. The Kier molecular flexibility index (Phi) is 5.79. The lowest BCUT2D eigenvalue weighted by atomic mass is 9.99. The minimum Gasteiger partial charge on any atom is -0.493 e. The minimum atomic E-state index is -0.484. The third-order valence-corrected chi connectivity index (χ3v) is 5.14. The maximum Gasteiger partial charge on any atom is 0.410 e. The normalized spacial score (nSPS) is 14.0. The molecule has 7 heteroatoms. The molecular formula is C20H26BrN3O3. The number of benzene rings is 1. The zero-order chi connectivity index (χ0) is 19.6. The lowest BCUT2D eigenvalue weighted by Crippen LogP contribution is -2.40. The predicted octanol–water partition coefficient (Wildman–Crippen LogP) is 4.10. The number of fused-ring (bicyclic) bond motifs is 1. The summed E-state index contributed by atoms with van der Waals surface area (Å²) in [6.07, 6.45) is 3.07. The van der Waals surface area contributed by atoms with Crippen LogP contribution >= 0.6 is 15.9 Å². The molecule has 1 aromatic carbocycles. The molecule has 146 valence electrons. The first-order chi connectivity index (χ1) is 12.7. The summed E-state index contributed by atoms with van der Waals surface area (Å²) in [7, 11) is 1.93. The molecule has 0 radical (unpaired) electrons. The van der Waals surface area contributed by atoms with E-state index in [0.717, 1.165) is 34.3 Å². The van der Waals surface area contributed by atoms with Gasteiger partial charge in [-0.15, -0.1) is 0 Å². The van der Waals surface area contributed by atoms with Crippen LogP contribution in [0.4, 0.5) is 4.79 Å². The van der Waals surface area contributed by atoms with Gasteiger partial charge in [0.2, 0.25) is 0 Å². The van der Waals surface area contributed by atoms with E-state index in [9.17, 15) is 4.79 Å². The number of carbonyl (C=O) groups excluding carboxylic acids is 1. The number of hydrogen-bond donors (Lipinski definition) is 0. The van der Waals surface area contributed by atoms with Crippen molar-refractivity contribution < 1.29 is 14.3 Å². The lowest BCUT2D eigenvalue weighted by Gasteiger charge is -2.31. The van der Waals surface area contributed by atoms with Crippen LogP contribution in [0.3, 0.4) is 0 Å². The van der Waals surface area contributed by atoms with Gasteiger partial charge in [0.25, 0.3) is 0 Å². The standard InChI is InChI=1S/C20H26BrN3O3/c1-20(2,3)27-19(25)24-10-8-15-14(13-24)6-5-7-18(15)26-11-9-17-16(21)12-22-23(17)4/h5-7,12H,8-11,13H2,1-4H3. The predicted molar refractivity (Wildman–Crippen MR) is 107 cm³/mol. The van der Waals surface area contributed by atoms with Crippen molar-refractivity contribution in [2.24, 2.45) is 7.05 Å². The van der Waals surface area contributed by atoms with Crippen molar-refractivity contribution >= 4 is 22.0 Å². The second kappa shape index (κ2) is 7.92. The van der Waals surface area contributed by atoms with Crippen LogP contribution in [0.15, 0.2) is 28.9 Å². The number of nitrogens with zero attached hydrogens (tertiary/aromatic N) is 3. The van der Waals surface area contributed by atoms with E-state index in [2.05, 4.69) is 27.1 Å². The van der Waals surface area contributed by atoms with E-state index >= 15 is 0 Å². The molecule has 0 atom stereocenters. The van der Waals surface area contributed by atoms with Gasteiger partial charge in [-0.05, 0) is 54.8 Å². The number of halogens is 1. The van der Waals surface area contributed by atoms with Crippen molar-refractivity contribution in [3.8, 4) is 5.75 Å². The molecule has 1 amide bonds. The zero-order valence-corrected chi connectivity index (χ0v) is 17.9. The van der Waals surface area contributed by atoms with Crippen molar-refractivity contribution in [3.63, 3.8) is 0 Å². The number of aromatic nitrogens is 2. The zero-order valence-electron chi connectivity index (χ0n) is 16.3. The van der Waals surface area contributed by atoms with Crippen LogP contribution in [0, 0.1) is 0 Å². The van der Waals surface area contributed by atoms with E-state index in [-0.39, 0.29) is 6.09 Å². The molecule has 0 saturated carbocycles. The third kappa shape index (κ3) is 4.83. The number of rotatable bonds is 4. The van der Waals surface area contributed by atoms with Crippen molar-refractivity contribution in [1.82, 2.24) is 14.7 Å². The summed E-state index contributed by atoms with van der Waals surface area (Å²) in [6, 6.07) is 6.03. The smallest absolute Gasteiger partial charge is 0.410 e. The molecule has 0 unspecified atom stereocenters. The first kappa shape index (κ1) is 19.7. The van der Waals surface area contributed by atoms with Crippen LogP contribution in [0.2, 0.25) is 0 Å². The maximum absolute atomic E-state index is 12.3. The van der Waals surface area contributed by atoms with E-state index in [1.807, 2.05) is 44.6 Å². The first-order valence-corrected chi connectivity index (χ1v) is 9.92. The van der Waals surface area contributed by atoms with Gasteiger partial charge in [0.1, 0.15) is 11.4 Å². The van der Waals surface area contributed by atoms with Gasteiger partial charge in [-0.1, -0.05) is 12.1 Å². The molecule has 6 nitrogen and oxygen atoms in total. The summed E-state index contributed by atoms with van der Waals surface area (Å²) in [5.74, 6) is 0.898. The van der Waals surface area contributed by atoms with Crippen LogP contribution in [-0.4, -0.2) is 39.5 Å². The summed E-state index contributed by atoms with van der Waals surface area (Å²) in [5.41, 5.74) is 2.92. The van der Waals surface area contributed by atoms with Gasteiger partial charge in [0.05, 0.1) is 23.0 Å². The molecule has 0 aliphatic carbocycles. The van der Waals surface area contributed by atoms with Crippen molar-refractivity contribution in [2.45, 2.75) is 45.8 Å². The highest BCUT2D eigenvalue weighted by Crippen LogP contribution is 2.29. The largest absolute Gasteiger partial charge is 0.493 e. The Bertz CT molecular complexity index is 807. The Morgan fingerprint density at radius 1 is 1.33 bits per heavy atom. The van der Waals surface area contributed by atoms with Crippen LogP contribution in [-0.2, 0) is 31.2 Å². The molecule has 0 spiro atoms. The fourth-order valence-electron chi connectivity index (χ4n) is 3.17. The number of ether oxygens (including phenoxy) is 2. The van der Waals surface area contributed by atoms with E-state index in [1.54, 1.807) is 11.1 Å². The molecule has 2 aromatic rings. The third-order valence-electron chi connectivity index (χ3n) is 4.48. The molecule has 2 heterocycles. The van der Waals surface area contributed by atoms with E-state index in [4.69, 9.17) is 9.47 Å². The molecule has 1 aliphatic rings. The van der Waals surface area contributed by atoms with Gasteiger partial charge in [0.15, 0.2) is 0 Å². The fraction of sp³-hybridized carbons (Fsp3) is 0.500. The average Bonchev–Trinajstić information content (AvgIpc) is 2.92. The highest BCUT2D eigenvalue weighted by atomic mass is 79.9. The minimum absolute atomic E-state index is 0.263. The molecule has 3 rings (SSSR count). The summed E-state index contributed by atoms with van der Waals surface area (Å²) in [5, 5.41) is 4.23. The van der Waals surface area contributed by atoms with Gasteiger partial charge in [-0.2, -0.15) is 5.10 Å². The Morgan fingerprint density at radius 3 is 2.78 bits per heavy atom. The lowest BCUT2D eigenvalue weighted by molar-refractivity contribution is 0.0223. The van der Waals surface area contributed by atoms with Crippen molar-refractivity contribution in [3.05, 3.63) is 45.7 Å². The molecule has 1 aliphatic heterocycles. The maximum atomic E-state index is 12.3. The fourth-order valence-corrected chi connectivity index (χ4v) is 3.71. The van der Waals surface area contributed by atoms with Crippen LogP contribution in [0.25, 0.3) is 0 Å². The Balaban J connectivity index is 1.64. The quantitative estimate of drug-likeness (QED) is 0.725. The monoisotopic (exact) mass is 435 g/mol. The molecule has 0 saturated heterocycles. The SMILES string of the molecule is Cn1ncc(Br)c1CCOc1cccc2c1CCN(C(=O)OC(C)(C)C)C2. The summed E-state index contributed by atoms with van der Waals surface area (Å²) in [6.45, 7) is 7.41. The highest BCUT2D eigenvalue weighted by Gasteiger charge is 2.27. The van der Waals surface area contributed by atoms with Gasteiger partial charge < -0.3 is 14.4 Å². The number of aryl methyl sites for hydroxylation is 1. The Labute approximate surface area is 168 Å². The molecule has 0 N–H and O–H groups in total. The topological polar surface area (TPSA) is 56.6 Å². The van der Waals surface area contributed by atoms with Crippen molar-refractivity contribution in [2.75, 3.05) is 13.2 Å². The van der Waals surface area contributed by atoms with Crippen LogP contribution < -0.4 is 4.74 Å². The Hall–Kier alpha value is -2.02. The van der Waals surface area contributed by atoms with E-state index in [1.165, 1.54) is 5.56 Å². The molecule has 1 aromatic heterocycles. The van der Waals surface area contributed by atoms with E-state index < -0.39 is 5.60 Å². The number of hydrogen-bond acceptors (Lipinski definition) is 4. The van der Waals surface area contributed by atoms with Gasteiger partial charge >= 0.3 is 6.09 Å². The van der Waals surface area contributed by atoms with Gasteiger partial charge in [-0.25, -0.2) is 4.79 Å². The Morgan fingerprint density at radius 2 is 2.11 bits per heavy atom. The average molecular weight is 436 g/mol. The van der Waals surface area contributed by atoms with Crippen LogP contribution in [0.1, 0.15) is 37.6 Å². The second-order valence-corrected chi connectivity index (χ2v) is 8.56. The molecule has 0 fully saturated rings. The van der Waals surface area contributed by atoms with Crippen LogP contribution in [0.5, 0.6) is 5.75 Å². The second-order valence-electron chi connectivity index (χ2n) is 7.71. The first-order valence-electron chi connectivity index (χ1n) is 9.12. The number of carbonyl (C=O) groups is 1.